The first kappa shape index (κ1) is 28.0. The van der Waals surface area contributed by atoms with Crippen LogP contribution in [0.25, 0.3) is 0 Å². The third-order valence-electron chi connectivity index (χ3n) is 4.81. The molecular formula is C24H36IN3O4. The molecule has 0 aliphatic heterocycles. The maximum absolute atomic E-state index is 10.6. The van der Waals surface area contributed by atoms with Crippen molar-refractivity contribution in [1.82, 2.24) is 10.6 Å². The maximum atomic E-state index is 10.6. The van der Waals surface area contributed by atoms with Crippen LogP contribution >= 0.6 is 24.0 Å². The van der Waals surface area contributed by atoms with Crippen molar-refractivity contribution in [1.29, 1.82) is 0 Å². The molecule has 0 fully saturated rings. The Morgan fingerprint density at radius 1 is 1.06 bits per heavy atom. The fourth-order valence-electron chi connectivity index (χ4n) is 3.08. The lowest BCUT2D eigenvalue weighted by Gasteiger charge is -2.16. The van der Waals surface area contributed by atoms with Gasteiger partial charge in [-0.3, -0.25) is 4.99 Å². The van der Waals surface area contributed by atoms with Gasteiger partial charge in [0.1, 0.15) is 17.6 Å². The highest BCUT2D eigenvalue weighted by atomic mass is 127. The lowest BCUT2D eigenvalue weighted by molar-refractivity contribution is 0.0646. The van der Waals surface area contributed by atoms with Gasteiger partial charge in [-0.25, -0.2) is 0 Å². The number of nitrogens with one attached hydrogen (secondary N) is 2. The molecule has 0 heterocycles. The first-order chi connectivity index (χ1) is 15.1. The van der Waals surface area contributed by atoms with Crippen LogP contribution < -0.4 is 20.1 Å². The Morgan fingerprint density at radius 2 is 1.81 bits per heavy atom. The van der Waals surface area contributed by atoms with Crippen molar-refractivity contribution in [3.63, 3.8) is 0 Å². The molecule has 32 heavy (non-hydrogen) atoms. The normalized spacial score (nSPS) is 13.0. The van der Waals surface area contributed by atoms with E-state index in [0.29, 0.717) is 36.2 Å². The summed E-state index contributed by atoms with van der Waals surface area (Å²) in [6.07, 6.45) is 0.0973. The van der Waals surface area contributed by atoms with Gasteiger partial charge in [0.25, 0.3) is 0 Å². The van der Waals surface area contributed by atoms with E-state index in [1.165, 1.54) is 5.56 Å². The molecule has 0 aliphatic rings. The van der Waals surface area contributed by atoms with E-state index in [1.807, 2.05) is 25.1 Å². The van der Waals surface area contributed by atoms with E-state index in [9.17, 15) is 5.11 Å². The minimum Gasteiger partial charge on any atom is -0.497 e. The summed E-state index contributed by atoms with van der Waals surface area (Å²) < 4.78 is 16.5. The first-order valence-electron chi connectivity index (χ1n) is 10.7. The molecule has 0 aromatic heterocycles. The van der Waals surface area contributed by atoms with E-state index in [2.05, 4.69) is 34.7 Å². The van der Waals surface area contributed by atoms with Crippen LogP contribution in [0.2, 0.25) is 0 Å². The Labute approximate surface area is 208 Å². The standard InChI is InChI=1S/C24H35N3O4.HI/c1-5-25-24(26-14-9-15-31-18(2)19-10-7-6-8-11-19)27-17-22(28)21-16-20(29-3)12-13-23(21)30-4;/h6-8,10-13,16,18,22,28H,5,9,14-15,17H2,1-4H3,(H2,25,26,27);1H. The Balaban J connectivity index is 0.00000512. The van der Waals surface area contributed by atoms with Crippen LogP contribution in [0.15, 0.2) is 53.5 Å². The molecule has 8 heteroatoms. The van der Waals surface area contributed by atoms with E-state index in [1.54, 1.807) is 32.4 Å². The van der Waals surface area contributed by atoms with Crippen LogP contribution in [-0.2, 0) is 4.74 Å². The van der Waals surface area contributed by atoms with E-state index >= 15 is 0 Å². The number of ether oxygens (including phenoxy) is 3. The molecule has 2 aromatic carbocycles. The van der Waals surface area contributed by atoms with E-state index in [0.717, 1.165) is 13.0 Å². The van der Waals surface area contributed by atoms with Gasteiger partial charge in [-0.1, -0.05) is 30.3 Å². The molecule has 0 bridgehead atoms. The molecule has 2 unspecified atom stereocenters. The molecule has 2 aromatic rings. The molecule has 0 saturated carbocycles. The summed E-state index contributed by atoms with van der Waals surface area (Å²) in [4.78, 5) is 4.51. The van der Waals surface area contributed by atoms with Crippen LogP contribution in [0.3, 0.4) is 0 Å². The molecule has 0 saturated heterocycles. The number of guanidine groups is 1. The number of hydrogen-bond donors (Lipinski definition) is 3. The minimum absolute atomic E-state index is 0. The van der Waals surface area contributed by atoms with Gasteiger partial charge in [0.15, 0.2) is 5.96 Å². The second-order valence-electron chi connectivity index (χ2n) is 7.05. The average Bonchev–Trinajstić information content (AvgIpc) is 2.81. The second-order valence-corrected chi connectivity index (χ2v) is 7.05. The molecule has 178 valence electrons. The summed E-state index contributed by atoms with van der Waals surface area (Å²) in [6, 6.07) is 15.5. The highest BCUT2D eigenvalue weighted by molar-refractivity contribution is 14.0. The summed E-state index contributed by atoms with van der Waals surface area (Å²) in [5, 5.41) is 17.1. The zero-order chi connectivity index (χ0) is 22.5. The monoisotopic (exact) mass is 557 g/mol. The van der Waals surface area contributed by atoms with Crippen molar-refractivity contribution in [2.45, 2.75) is 32.5 Å². The van der Waals surface area contributed by atoms with Gasteiger partial charge in [0.05, 0.1) is 26.9 Å². The van der Waals surface area contributed by atoms with Crippen molar-refractivity contribution in [3.8, 4) is 11.5 Å². The number of nitrogens with zero attached hydrogens (tertiary/aromatic N) is 1. The molecule has 0 aliphatic carbocycles. The number of hydrogen-bond acceptors (Lipinski definition) is 5. The quantitative estimate of drug-likeness (QED) is 0.158. The summed E-state index contributed by atoms with van der Waals surface area (Å²) in [7, 11) is 3.17. The predicted octanol–water partition coefficient (Wildman–Crippen LogP) is 4.08. The van der Waals surface area contributed by atoms with Gasteiger partial charge < -0.3 is 30.0 Å². The fourth-order valence-corrected chi connectivity index (χ4v) is 3.08. The summed E-state index contributed by atoms with van der Waals surface area (Å²) >= 11 is 0. The summed E-state index contributed by atoms with van der Waals surface area (Å²) in [5.74, 6) is 1.92. The summed E-state index contributed by atoms with van der Waals surface area (Å²) in [6.45, 7) is 6.34. The number of aliphatic hydroxyl groups is 1. The average molecular weight is 557 g/mol. The Kier molecular flexibility index (Phi) is 13.7. The fraction of sp³-hybridized carbons (Fsp3) is 0.458. The van der Waals surface area contributed by atoms with Crippen LogP contribution in [0, 0.1) is 0 Å². The molecule has 2 atom stereocenters. The molecule has 0 amide bonds. The lowest BCUT2D eigenvalue weighted by Crippen LogP contribution is -2.38. The predicted molar refractivity (Wildman–Crippen MR) is 139 cm³/mol. The number of rotatable bonds is 12. The van der Waals surface area contributed by atoms with E-state index < -0.39 is 6.10 Å². The highest BCUT2D eigenvalue weighted by Crippen LogP contribution is 2.29. The first-order valence-corrected chi connectivity index (χ1v) is 10.7. The molecule has 2 rings (SSSR count). The number of aliphatic imine (C=N–C) groups is 1. The number of aliphatic hydroxyl groups excluding tert-OH is 1. The van der Waals surface area contributed by atoms with Gasteiger partial charge in [0, 0.05) is 25.3 Å². The number of halogens is 1. The van der Waals surface area contributed by atoms with Crippen LogP contribution in [-0.4, -0.2) is 51.5 Å². The van der Waals surface area contributed by atoms with Crippen molar-refractivity contribution in [2.24, 2.45) is 4.99 Å². The topological polar surface area (TPSA) is 84.3 Å². The van der Waals surface area contributed by atoms with E-state index in [-0.39, 0.29) is 36.6 Å². The Bertz CT molecular complexity index is 805. The number of benzene rings is 2. The SMILES string of the molecule is CCNC(=NCC(O)c1cc(OC)ccc1OC)NCCCOC(C)c1ccccc1.I. The molecular weight excluding hydrogens is 521 g/mol. The molecule has 0 radical (unpaired) electrons. The lowest BCUT2D eigenvalue weighted by atomic mass is 10.1. The van der Waals surface area contributed by atoms with Gasteiger partial charge in [-0.05, 0) is 44.0 Å². The van der Waals surface area contributed by atoms with Crippen LogP contribution in [0.5, 0.6) is 11.5 Å². The van der Waals surface area contributed by atoms with Crippen LogP contribution in [0.1, 0.15) is 43.6 Å². The highest BCUT2D eigenvalue weighted by Gasteiger charge is 2.14. The van der Waals surface area contributed by atoms with Gasteiger partial charge in [0.2, 0.25) is 0 Å². The van der Waals surface area contributed by atoms with Gasteiger partial charge >= 0.3 is 0 Å². The maximum Gasteiger partial charge on any atom is 0.191 e. The minimum atomic E-state index is -0.810. The molecule has 0 spiro atoms. The Hall–Kier alpha value is -2.04. The van der Waals surface area contributed by atoms with Crippen molar-refractivity contribution in [2.75, 3.05) is 40.5 Å². The Morgan fingerprint density at radius 3 is 2.47 bits per heavy atom. The van der Waals surface area contributed by atoms with Gasteiger partial charge in [-0.15, -0.1) is 24.0 Å². The molecule has 3 N–H and O–H groups in total. The zero-order valence-corrected chi connectivity index (χ0v) is 21.7. The van der Waals surface area contributed by atoms with Crippen molar-refractivity contribution >= 4 is 29.9 Å². The van der Waals surface area contributed by atoms with Crippen LogP contribution in [0.4, 0.5) is 0 Å². The smallest absolute Gasteiger partial charge is 0.191 e. The third-order valence-corrected chi connectivity index (χ3v) is 4.81. The van der Waals surface area contributed by atoms with E-state index in [4.69, 9.17) is 14.2 Å². The number of methoxy groups -OCH3 is 2. The van der Waals surface area contributed by atoms with Gasteiger partial charge in [-0.2, -0.15) is 0 Å². The zero-order valence-electron chi connectivity index (χ0n) is 19.3. The molecule has 7 nitrogen and oxygen atoms in total. The summed E-state index contributed by atoms with van der Waals surface area (Å²) in [5.41, 5.74) is 1.82. The second kappa shape index (κ2) is 15.7. The largest absolute Gasteiger partial charge is 0.497 e. The van der Waals surface area contributed by atoms with Crippen molar-refractivity contribution < 1.29 is 19.3 Å². The van der Waals surface area contributed by atoms with Crippen molar-refractivity contribution in [3.05, 3.63) is 59.7 Å². The third kappa shape index (κ3) is 9.22.